The van der Waals surface area contributed by atoms with E-state index >= 15 is 0 Å². The van der Waals surface area contributed by atoms with Gasteiger partial charge in [-0.25, -0.2) is 0 Å². The van der Waals surface area contributed by atoms with E-state index in [0.29, 0.717) is 40.0 Å². The number of aliphatic hydroxyl groups excluding tert-OH is 2. The zero-order valence-electron chi connectivity index (χ0n) is 13.4. The fourth-order valence-electron chi connectivity index (χ4n) is 3.99. The smallest absolute Gasteiger partial charge is 0.194 e. The molecule has 0 saturated carbocycles. The second-order valence-corrected chi connectivity index (χ2v) is 6.53. The number of benzene rings is 2. The van der Waals surface area contributed by atoms with Crippen molar-refractivity contribution in [2.24, 2.45) is 5.92 Å². The molecule has 0 aliphatic heterocycles. The Kier molecular flexibility index (Phi) is 3.20. The van der Waals surface area contributed by atoms with Crippen LogP contribution < -0.4 is 4.74 Å². The summed E-state index contributed by atoms with van der Waals surface area (Å²) >= 11 is 0. The molecule has 3 atom stereocenters. The van der Waals surface area contributed by atoms with Crippen LogP contribution in [0.5, 0.6) is 11.5 Å². The molecule has 4 rings (SSSR count). The molecule has 3 unspecified atom stereocenters. The van der Waals surface area contributed by atoms with Crippen LogP contribution in [-0.2, 0) is 0 Å². The van der Waals surface area contributed by atoms with Gasteiger partial charge in [-0.2, -0.15) is 0 Å². The summed E-state index contributed by atoms with van der Waals surface area (Å²) in [5, 5.41) is 31.6. The lowest BCUT2D eigenvalue weighted by molar-refractivity contribution is 0.0460. The average Bonchev–Trinajstić information content (AvgIpc) is 2.87. The molecule has 24 heavy (non-hydrogen) atoms. The Hall–Kier alpha value is -2.37. The summed E-state index contributed by atoms with van der Waals surface area (Å²) in [5.74, 6) is -0.0000136. The molecule has 2 aliphatic carbocycles. The average molecular weight is 326 g/mol. The van der Waals surface area contributed by atoms with E-state index < -0.39 is 12.2 Å². The fraction of sp³-hybridized carbons (Fsp3) is 0.316. The number of methoxy groups -OCH3 is 1. The van der Waals surface area contributed by atoms with Gasteiger partial charge in [-0.15, -0.1) is 0 Å². The number of fused-ring (bicyclic) bond motifs is 5. The third kappa shape index (κ3) is 1.79. The molecule has 0 fully saturated rings. The van der Waals surface area contributed by atoms with Crippen LogP contribution in [-0.4, -0.2) is 28.2 Å². The Morgan fingerprint density at radius 2 is 1.92 bits per heavy atom. The number of phenolic OH excluding ortho intramolecular Hbond substituents is 1. The van der Waals surface area contributed by atoms with Gasteiger partial charge in [0, 0.05) is 22.3 Å². The van der Waals surface area contributed by atoms with Crippen LogP contribution >= 0.6 is 0 Å². The summed E-state index contributed by atoms with van der Waals surface area (Å²) < 4.78 is 5.35. The molecule has 2 aromatic rings. The summed E-state index contributed by atoms with van der Waals surface area (Å²) in [4.78, 5) is 13.0. The molecule has 0 spiro atoms. The third-order valence-electron chi connectivity index (χ3n) is 5.13. The number of ether oxygens (including phenoxy) is 1. The van der Waals surface area contributed by atoms with E-state index in [9.17, 15) is 20.1 Å². The van der Waals surface area contributed by atoms with Crippen molar-refractivity contribution >= 4 is 5.78 Å². The topological polar surface area (TPSA) is 87.0 Å². The van der Waals surface area contributed by atoms with Crippen LogP contribution in [0.4, 0.5) is 0 Å². The van der Waals surface area contributed by atoms with E-state index in [4.69, 9.17) is 4.74 Å². The molecule has 0 aromatic heterocycles. The Morgan fingerprint density at radius 3 is 2.62 bits per heavy atom. The van der Waals surface area contributed by atoms with E-state index in [1.165, 1.54) is 13.2 Å². The van der Waals surface area contributed by atoms with Crippen molar-refractivity contribution in [3.05, 3.63) is 46.5 Å². The van der Waals surface area contributed by atoms with Gasteiger partial charge in [-0.05, 0) is 35.6 Å². The zero-order chi connectivity index (χ0) is 17.2. The van der Waals surface area contributed by atoms with E-state index in [1.54, 1.807) is 18.2 Å². The van der Waals surface area contributed by atoms with Crippen LogP contribution in [0, 0.1) is 5.92 Å². The van der Waals surface area contributed by atoms with Crippen LogP contribution in [0.3, 0.4) is 0 Å². The van der Waals surface area contributed by atoms with Crippen LogP contribution in [0.2, 0.25) is 0 Å². The number of ketones is 1. The first-order valence-corrected chi connectivity index (χ1v) is 7.93. The number of carbonyl (C=O) groups is 1. The molecule has 0 heterocycles. The standard InChI is InChI=1S/C19H18O5/c1-8-6-11(20)14-10(18(8)22)7-12(21)16-15-9(19(23)17(14)16)4-3-5-13(15)24-2/h3-5,7-8,11,18,20-22H,6H2,1-2H3. The molecule has 0 radical (unpaired) electrons. The largest absolute Gasteiger partial charge is 0.507 e. The van der Waals surface area contributed by atoms with Gasteiger partial charge < -0.3 is 20.1 Å². The highest BCUT2D eigenvalue weighted by Gasteiger charge is 2.41. The number of hydrogen-bond donors (Lipinski definition) is 3. The van der Waals surface area contributed by atoms with E-state index in [1.807, 2.05) is 6.92 Å². The summed E-state index contributed by atoms with van der Waals surface area (Å²) in [7, 11) is 1.51. The van der Waals surface area contributed by atoms with Crippen molar-refractivity contribution in [1.29, 1.82) is 0 Å². The maximum Gasteiger partial charge on any atom is 0.194 e. The number of aromatic hydroxyl groups is 1. The molecule has 124 valence electrons. The quantitative estimate of drug-likeness (QED) is 0.640. The minimum Gasteiger partial charge on any atom is -0.507 e. The minimum absolute atomic E-state index is 0.0827. The molecule has 2 aromatic carbocycles. The van der Waals surface area contributed by atoms with Crippen LogP contribution in [0.15, 0.2) is 24.3 Å². The molecule has 5 nitrogen and oxygen atoms in total. The predicted octanol–water partition coefficient (Wildman–Crippen LogP) is 2.72. The van der Waals surface area contributed by atoms with Crippen molar-refractivity contribution in [2.45, 2.75) is 25.6 Å². The zero-order valence-corrected chi connectivity index (χ0v) is 13.4. The van der Waals surface area contributed by atoms with Crippen molar-refractivity contribution in [3.63, 3.8) is 0 Å². The Balaban J connectivity index is 2.09. The van der Waals surface area contributed by atoms with Gasteiger partial charge >= 0.3 is 0 Å². The summed E-state index contributed by atoms with van der Waals surface area (Å²) in [6.45, 7) is 1.83. The molecule has 2 aliphatic rings. The van der Waals surface area contributed by atoms with Crippen molar-refractivity contribution in [1.82, 2.24) is 0 Å². The monoisotopic (exact) mass is 326 g/mol. The van der Waals surface area contributed by atoms with Gasteiger partial charge in [0.05, 0.1) is 19.3 Å². The summed E-state index contributed by atoms with van der Waals surface area (Å²) in [6, 6.07) is 6.60. The molecular formula is C19H18O5. The number of carbonyl (C=O) groups excluding carboxylic acids is 1. The van der Waals surface area contributed by atoms with Gasteiger partial charge in [0.1, 0.15) is 11.5 Å². The lowest BCUT2D eigenvalue weighted by Gasteiger charge is -2.32. The molecule has 0 amide bonds. The lowest BCUT2D eigenvalue weighted by Crippen LogP contribution is -2.24. The molecule has 0 bridgehead atoms. The van der Waals surface area contributed by atoms with E-state index in [2.05, 4.69) is 0 Å². The molecule has 5 heteroatoms. The van der Waals surface area contributed by atoms with Crippen molar-refractivity contribution < 1.29 is 24.9 Å². The van der Waals surface area contributed by atoms with Crippen LogP contribution in [0.25, 0.3) is 11.1 Å². The first kappa shape index (κ1) is 15.2. The predicted molar refractivity (Wildman–Crippen MR) is 87.2 cm³/mol. The maximum atomic E-state index is 13.0. The van der Waals surface area contributed by atoms with Crippen LogP contribution in [0.1, 0.15) is 52.6 Å². The van der Waals surface area contributed by atoms with E-state index in [-0.39, 0.29) is 23.0 Å². The normalized spacial score (nSPS) is 24.3. The maximum absolute atomic E-state index is 13.0. The van der Waals surface area contributed by atoms with Gasteiger partial charge in [0.2, 0.25) is 0 Å². The van der Waals surface area contributed by atoms with Crippen molar-refractivity contribution in [3.8, 4) is 22.6 Å². The first-order chi connectivity index (χ1) is 11.5. The number of aliphatic hydroxyl groups is 2. The SMILES string of the molecule is COc1cccc2c1-c1c(O)cc3c(c1C2=O)C(O)CC(C)C3O. The van der Waals surface area contributed by atoms with Gasteiger partial charge in [-0.1, -0.05) is 19.1 Å². The highest BCUT2D eigenvalue weighted by Crippen LogP contribution is 2.53. The lowest BCUT2D eigenvalue weighted by atomic mass is 9.77. The van der Waals surface area contributed by atoms with Gasteiger partial charge in [0.25, 0.3) is 0 Å². The molecule has 3 N–H and O–H groups in total. The Morgan fingerprint density at radius 1 is 1.17 bits per heavy atom. The fourth-order valence-corrected chi connectivity index (χ4v) is 3.99. The Labute approximate surface area is 139 Å². The number of phenols is 1. The second kappa shape index (κ2) is 5.06. The highest BCUT2D eigenvalue weighted by molar-refractivity contribution is 6.24. The minimum atomic E-state index is -0.850. The van der Waals surface area contributed by atoms with Gasteiger partial charge in [-0.3, -0.25) is 4.79 Å². The summed E-state index contributed by atoms with van der Waals surface area (Å²) in [5.41, 5.74) is 2.50. The van der Waals surface area contributed by atoms with Gasteiger partial charge in [0.15, 0.2) is 5.78 Å². The highest BCUT2D eigenvalue weighted by atomic mass is 16.5. The molecular weight excluding hydrogens is 308 g/mol. The first-order valence-electron chi connectivity index (χ1n) is 7.93. The third-order valence-corrected chi connectivity index (χ3v) is 5.13. The summed E-state index contributed by atoms with van der Waals surface area (Å²) in [6.07, 6.45) is -1.30. The molecule has 0 saturated heterocycles. The van der Waals surface area contributed by atoms with E-state index in [0.717, 1.165) is 0 Å². The number of hydrogen-bond acceptors (Lipinski definition) is 5. The van der Waals surface area contributed by atoms with Crippen molar-refractivity contribution in [2.75, 3.05) is 7.11 Å². The Bertz CT molecular complexity index is 871. The number of rotatable bonds is 1. The second-order valence-electron chi connectivity index (χ2n) is 6.53.